The van der Waals surface area contributed by atoms with E-state index in [1.54, 1.807) is 19.2 Å². The molecule has 1 aromatic carbocycles. The summed E-state index contributed by atoms with van der Waals surface area (Å²) < 4.78 is 15.2. The average molecular weight is 302 g/mol. The molecule has 0 saturated heterocycles. The molecule has 1 heterocycles. The Bertz CT molecular complexity index is 633. The van der Waals surface area contributed by atoms with Crippen LogP contribution < -0.4 is 5.32 Å². The van der Waals surface area contributed by atoms with E-state index in [2.05, 4.69) is 25.8 Å². The van der Waals surface area contributed by atoms with Crippen LogP contribution in [0, 0.1) is 5.82 Å². The molecule has 1 N–H and O–H groups in total. The summed E-state index contributed by atoms with van der Waals surface area (Å²) in [4.78, 5) is 6.37. The minimum atomic E-state index is -0.192. The lowest BCUT2D eigenvalue weighted by Gasteiger charge is -2.22. The van der Waals surface area contributed by atoms with Gasteiger partial charge in [-0.3, -0.25) is 4.99 Å². The van der Waals surface area contributed by atoms with Crippen LogP contribution in [0.25, 0.3) is 0 Å². The van der Waals surface area contributed by atoms with Crippen LogP contribution >= 0.6 is 0 Å². The summed E-state index contributed by atoms with van der Waals surface area (Å²) in [6.45, 7) is 1.50. The van der Waals surface area contributed by atoms with Crippen molar-refractivity contribution >= 4 is 5.96 Å². The standard InChI is InChI=1S/C17H23FN4/c1-19-17(22(3)13-16-8-5-11-21(16)2)20-10-9-14-6-4-7-15(18)12-14/h4-8,11-12H,9-10,13H2,1-3H3,(H,19,20). The summed E-state index contributed by atoms with van der Waals surface area (Å²) in [5.74, 6) is 0.639. The van der Waals surface area contributed by atoms with Crippen molar-refractivity contribution in [2.75, 3.05) is 20.6 Å². The van der Waals surface area contributed by atoms with Gasteiger partial charge in [0.25, 0.3) is 0 Å². The number of aliphatic imine (C=N–C) groups is 1. The normalized spacial score (nSPS) is 11.5. The van der Waals surface area contributed by atoms with E-state index in [-0.39, 0.29) is 5.82 Å². The maximum Gasteiger partial charge on any atom is 0.193 e. The molecule has 0 amide bonds. The van der Waals surface area contributed by atoms with E-state index in [9.17, 15) is 4.39 Å². The molecule has 118 valence electrons. The lowest BCUT2D eigenvalue weighted by Crippen LogP contribution is -2.39. The van der Waals surface area contributed by atoms with E-state index < -0.39 is 0 Å². The molecular formula is C17H23FN4. The van der Waals surface area contributed by atoms with E-state index in [0.717, 1.165) is 24.5 Å². The van der Waals surface area contributed by atoms with Gasteiger partial charge in [-0.1, -0.05) is 12.1 Å². The maximum atomic E-state index is 13.1. The molecule has 2 aromatic rings. The van der Waals surface area contributed by atoms with E-state index >= 15 is 0 Å². The SMILES string of the molecule is CN=C(NCCc1cccc(F)c1)N(C)Cc1cccn1C. The van der Waals surface area contributed by atoms with Gasteiger partial charge in [-0.2, -0.15) is 0 Å². The molecule has 0 radical (unpaired) electrons. The predicted octanol–water partition coefficient (Wildman–Crippen LogP) is 2.41. The van der Waals surface area contributed by atoms with Crippen molar-refractivity contribution in [1.29, 1.82) is 0 Å². The van der Waals surface area contributed by atoms with Crippen molar-refractivity contribution in [3.05, 3.63) is 59.7 Å². The average Bonchev–Trinajstić information content (AvgIpc) is 2.89. The molecule has 0 spiro atoms. The number of aryl methyl sites for hydroxylation is 1. The third kappa shape index (κ3) is 4.35. The summed E-state index contributed by atoms with van der Waals surface area (Å²) >= 11 is 0. The van der Waals surface area contributed by atoms with Crippen molar-refractivity contribution in [2.24, 2.45) is 12.0 Å². The fourth-order valence-electron chi connectivity index (χ4n) is 2.37. The van der Waals surface area contributed by atoms with Gasteiger partial charge in [-0.15, -0.1) is 0 Å². The van der Waals surface area contributed by atoms with Crippen molar-refractivity contribution in [1.82, 2.24) is 14.8 Å². The van der Waals surface area contributed by atoms with Gasteiger partial charge in [0.15, 0.2) is 5.96 Å². The highest BCUT2D eigenvalue weighted by Gasteiger charge is 2.08. The molecule has 0 saturated carbocycles. The number of hydrogen-bond acceptors (Lipinski definition) is 1. The van der Waals surface area contributed by atoms with Gasteiger partial charge in [0.2, 0.25) is 0 Å². The van der Waals surface area contributed by atoms with Crippen molar-refractivity contribution in [2.45, 2.75) is 13.0 Å². The van der Waals surface area contributed by atoms with Crippen LogP contribution in [0.4, 0.5) is 4.39 Å². The highest BCUT2D eigenvalue weighted by Crippen LogP contribution is 2.05. The fraction of sp³-hybridized carbons (Fsp3) is 0.353. The second kappa shape index (κ2) is 7.64. The molecule has 0 atom stereocenters. The van der Waals surface area contributed by atoms with Gasteiger partial charge in [-0.05, 0) is 36.2 Å². The summed E-state index contributed by atoms with van der Waals surface area (Å²) in [6, 6.07) is 10.8. The Balaban J connectivity index is 1.85. The summed E-state index contributed by atoms with van der Waals surface area (Å²) in [6.07, 6.45) is 2.79. The molecule has 0 aliphatic rings. The Morgan fingerprint density at radius 2 is 2.14 bits per heavy atom. The lowest BCUT2D eigenvalue weighted by molar-refractivity contribution is 0.462. The van der Waals surface area contributed by atoms with E-state index in [1.165, 1.54) is 11.8 Å². The molecular weight excluding hydrogens is 279 g/mol. The van der Waals surface area contributed by atoms with Gasteiger partial charge in [0, 0.05) is 39.6 Å². The zero-order valence-corrected chi connectivity index (χ0v) is 13.4. The van der Waals surface area contributed by atoms with E-state index in [4.69, 9.17) is 0 Å². The fourth-order valence-corrected chi connectivity index (χ4v) is 2.37. The molecule has 1 aromatic heterocycles. The smallest absolute Gasteiger partial charge is 0.193 e. The topological polar surface area (TPSA) is 32.6 Å². The number of nitrogens with zero attached hydrogens (tertiary/aromatic N) is 3. The van der Waals surface area contributed by atoms with Crippen LogP contribution in [0.15, 0.2) is 47.6 Å². The van der Waals surface area contributed by atoms with Gasteiger partial charge in [0.05, 0.1) is 6.54 Å². The number of aromatic nitrogens is 1. The molecule has 0 aliphatic heterocycles. The van der Waals surface area contributed by atoms with E-state index in [1.807, 2.05) is 32.4 Å². The Morgan fingerprint density at radius 3 is 2.77 bits per heavy atom. The molecule has 2 rings (SSSR count). The van der Waals surface area contributed by atoms with Gasteiger partial charge < -0.3 is 14.8 Å². The Hall–Kier alpha value is -2.30. The largest absolute Gasteiger partial charge is 0.356 e. The van der Waals surface area contributed by atoms with Gasteiger partial charge in [-0.25, -0.2) is 4.39 Å². The quantitative estimate of drug-likeness (QED) is 0.679. The van der Waals surface area contributed by atoms with Crippen LogP contribution in [0.1, 0.15) is 11.3 Å². The Labute approximate surface area is 131 Å². The van der Waals surface area contributed by atoms with Crippen LogP contribution in [0.5, 0.6) is 0 Å². The minimum Gasteiger partial charge on any atom is -0.356 e. The second-order valence-electron chi connectivity index (χ2n) is 5.32. The molecule has 0 bridgehead atoms. The zero-order chi connectivity index (χ0) is 15.9. The van der Waals surface area contributed by atoms with Gasteiger partial charge in [0.1, 0.15) is 5.82 Å². The molecule has 5 heteroatoms. The molecule has 0 fully saturated rings. The Kier molecular flexibility index (Phi) is 5.58. The van der Waals surface area contributed by atoms with Gasteiger partial charge >= 0.3 is 0 Å². The first-order chi connectivity index (χ1) is 10.6. The molecule has 0 aliphatic carbocycles. The maximum absolute atomic E-state index is 13.1. The number of halogens is 1. The summed E-state index contributed by atoms with van der Waals surface area (Å²) in [5.41, 5.74) is 2.20. The molecule has 4 nitrogen and oxygen atoms in total. The summed E-state index contributed by atoms with van der Waals surface area (Å²) in [5, 5.41) is 3.31. The first kappa shape index (κ1) is 16.1. The van der Waals surface area contributed by atoms with Crippen LogP contribution in [-0.4, -0.2) is 36.1 Å². The van der Waals surface area contributed by atoms with Crippen molar-refractivity contribution in [3.8, 4) is 0 Å². The highest BCUT2D eigenvalue weighted by atomic mass is 19.1. The monoisotopic (exact) mass is 302 g/mol. The number of nitrogens with one attached hydrogen (secondary N) is 1. The van der Waals surface area contributed by atoms with Crippen molar-refractivity contribution in [3.63, 3.8) is 0 Å². The first-order valence-corrected chi connectivity index (χ1v) is 7.36. The number of rotatable bonds is 5. The minimum absolute atomic E-state index is 0.192. The third-order valence-corrected chi connectivity index (χ3v) is 3.61. The summed E-state index contributed by atoms with van der Waals surface area (Å²) in [7, 11) is 5.81. The van der Waals surface area contributed by atoms with Crippen LogP contribution in [0.3, 0.4) is 0 Å². The first-order valence-electron chi connectivity index (χ1n) is 7.36. The second-order valence-corrected chi connectivity index (χ2v) is 5.32. The molecule has 22 heavy (non-hydrogen) atoms. The van der Waals surface area contributed by atoms with Crippen LogP contribution in [0.2, 0.25) is 0 Å². The lowest BCUT2D eigenvalue weighted by atomic mass is 10.1. The van der Waals surface area contributed by atoms with E-state index in [0.29, 0.717) is 6.54 Å². The van der Waals surface area contributed by atoms with Crippen LogP contribution in [-0.2, 0) is 20.0 Å². The zero-order valence-electron chi connectivity index (χ0n) is 13.4. The molecule has 0 unspecified atom stereocenters. The number of hydrogen-bond donors (Lipinski definition) is 1. The number of guanidine groups is 1. The van der Waals surface area contributed by atoms with Crippen molar-refractivity contribution < 1.29 is 4.39 Å². The Morgan fingerprint density at radius 1 is 1.32 bits per heavy atom. The number of benzene rings is 1. The predicted molar refractivity (Wildman–Crippen MR) is 88.3 cm³/mol. The third-order valence-electron chi connectivity index (χ3n) is 3.61. The highest BCUT2D eigenvalue weighted by molar-refractivity contribution is 5.79.